The quantitative estimate of drug-likeness (QED) is 0.620. The number of urea groups is 1. The summed E-state index contributed by atoms with van der Waals surface area (Å²) < 4.78 is 4.87. The van der Waals surface area contributed by atoms with Crippen LogP contribution in [0.5, 0.6) is 0 Å². The first-order chi connectivity index (χ1) is 9.00. The van der Waals surface area contributed by atoms with Gasteiger partial charge in [-0.1, -0.05) is 13.8 Å². The maximum atomic E-state index is 12.0. The third-order valence-corrected chi connectivity index (χ3v) is 2.94. The number of carboxylic acid groups (broad SMARTS) is 1. The summed E-state index contributed by atoms with van der Waals surface area (Å²) in [6.45, 7) is 5.31. The molecule has 0 radical (unpaired) electrons. The van der Waals surface area contributed by atoms with Crippen molar-refractivity contribution in [2.75, 3.05) is 26.3 Å². The van der Waals surface area contributed by atoms with E-state index in [0.717, 1.165) is 25.8 Å². The molecular weight excluding hydrogens is 248 g/mol. The Morgan fingerprint density at radius 1 is 1.42 bits per heavy atom. The van der Waals surface area contributed by atoms with Crippen LogP contribution in [0.2, 0.25) is 0 Å². The van der Waals surface area contributed by atoms with Crippen LogP contribution in [-0.4, -0.2) is 54.4 Å². The van der Waals surface area contributed by atoms with Gasteiger partial charge in [-0.15, -0.1) is 0 Å². The summed E-state index contributed by atoms with van der Waals surface area (Å²) in [6, 6.07) is 0.320. The molecule has 6 heteroatoms. The van der Waals surface area contributed by atoms with Crippen LogP contribution in [0, 0.1) is 5.92 Å². The minimum absolute atomic E-state index is 0.0675. The Kier molecular flexibility index (Phi) is 6.62. The lowest BCUT2D eigenvalue weighted by atomic mass is 10.1. The molecule has 0 aromatic heterocycles. The lowest BCUT2D eigenvalue weighted by Crippen LogP contribution is -2.43. The summed E-state index contributed by atoms with van der Waals surface area (Å²) in [7, 11) is 0. The van der Waals surface area contributed by atoms with E-state index in [1.54, 1.807) is 0 Å². The number of amides is 2. The van der Waals surface area contributed by atoms with E-state index >= 15 is 0 Å². The Bertz CT molecular complexity index is 303. The molecular formula is C13H24N2O4. The lowest BCUT2D eigenvalue weighted by molar-refractivity contribution is -0.142. The molecule has 0 heterocycles. The summed E-state index contributed by atoms with van der Waals surface area (Å²) in [6.07, 6.45) is 3.17. The molecule has 0 atom stereocenters. The largest absolute Gasteiger partial charge is 0.480 e. The summed E-state index contributed by atoms with van der Waals surface area (Å²) in [5.41, 5.74) is 0. The molecule has 0 aliphatic heterocycles. The van der Waals surface area contributed by atoms with Crippen LogP contribution in [0.25, 0.3) is 0 Å². The van der Waals surface area contributed by atoms with Gasteiger partial charge in [0.2, 0.25) is 0 Å². The van der Waals surface area contributed by atoms with Crippen LogP contribution in [0.1, 0.15) is 33.1 Å². The lowest BCUT2D eigenvalue weighted by Gasteiger charge is -2.23. The van der Waals surface area contributed by atoms with E-state index in [-0.39, 0.29) is 19.2 Å². The monoisotopic (exact) mass is 272 g/mol. The summed E-state index contributed by atoms with van der Waals surface area (Å²) in [4.78, 5) is 24.1. The number of rotatable bonds is 9. The number of ether oxygens (including phenoxy) is 1. The van der Waals surface area contributed by atoms with Gasteiger partial charge >= 0.3 is 12.0 Å². The predicted octanol–water partition coefficient (Wildman–Crippen LogP) is 1.31. The SMILES string of the molecule is CC(C)CCN(C(=O)NCCOCC(=O)O)C1CC1. The minimum Gasteiger partial charge on any atom is -0.480 e. The minimum atomic E-state index is -0.997. The number of nitrogens with zero attached hydrogens (tertiary/aromatic N) is 1. The van der Waals surface area contributed by atoms with E-state index in [1.165, 1.54) is 0 Å². The first-order valence-electron chi connectivity index (χ1n) is 6.84. The van der Waals surface area contributed by atoms with Crippen molar-refractivity contribution in [1.29, 1.82) is 0 Å². The average Bonchev–Trinajstić information content (AvgIpc) is 3.12. The maximum absolute atomic E-state index is 12.0. The Hall–Kier alpha value is -1.30. The smallest absolute Gasteiger partial charge is 0.329 e. The van der Waals surface area contributed by atoms with Crippen molar-refractivity contribution in [3.8, 4) is 0 Å². The van der Waals surface area contributed by atoms with E-state index in [0.29, 0.717) is 18.5 Å². The molecule has 1 aliphatic rings. The van der Waals surface area contributed by atoms with Gasteiger partial charge in [0.05, 0.1) is 6.61 Å². The zero-order chi connectivity index (χ0) is 14.3. The van der Waals surface area contributed by atoms with Gasteiger partial charge in [-0.2, -0.15) is 0 Å². The normalized spacial score (nSPS) is 14.5. The van der Waals surface area contributed by atoms with Gasteiger partial charge in [0.1, 0.15) is 6.61 Å². The Morgan fingerprint density at radius 2 is 2.11 bits per heavy atom. The van der Waals surface area contributed by atoms with Crippen molar-refractivity contribution in [2.24, 2.45) is 5.92 Å². The van der Waals surface area contributed by atoms with Crippen LogP contribution < -0.4 is 5.32 Å². The Balaban J connectivity index is 2.18. The standard InChI is InChI=1S/C13H24N2O4/c1-10(2)5-7-15(11-3-4-11)13(18)14-6-8-19-9-12(16)17/h10-11H,3-9H2,1-2H3,(H,14,18)(H,16,17). The van der Waals surface area contributed by atoms with Gasteiger partial charge in [-0.25, -0.2) is 9.59 Å². The van der Waals surface area contributed by atoms with Crippen molar-refractivity contribution in [1.82, 2.24) is 10.2 Å². The number of aliphatic carboxylic acids is 1. The molecule has 1 aliphatic carbocycles. The highest BCUT2D eigenvalue weighted by atomic mass is 16.5. The third-order valence-electron chi connectivity index (χ3n) is 2.94. The highest BCUT2D eigenvalue weighted by Crippen LogP contribution is 2.27. The molecule has 0 aromatic carbocycles. The van der Waals surface area contributed by atoms with Crippen molar-refractivity contribution >= 4 is 12.0 Å². The molecule has 19 heavy (non-hydrogen) atoms. The zero-order valence-electron chi connectivity index (χ0n) is 11.7. The molecule has 0 saturated heterocycles. The molecule has 110 valence electrons. The molecule has 0 bridgehead atoms. The van der Waals surface area contributed by atoms with Crippen LogP contribution in [-0.2, 0) is 9.53 Å². The van der Waals surface area contributed by atoms with Gasteiger partial charge in [0, 0.05) is 19.1 Å². The fourth-order valence-electron chi connectivity index (χ4n) is 1.72. The number of carbonyl (C=O) groups excluding carboxylic acids is 1. The number of carboxylic acids is 1. The number of hydrogen-bond donors (Lipinski definition) is 2. The highest BCUT2D eigenvalue weighted by Gasteiger charge is 2.32. The molecule has 0 aromatic rings. The highest BCUT2D eigenvalue weighted by molar-refractivity contribution is 5.74. The second-order valence-electron chi connectivity index (χ2n) is 5.29. The summed E-state index contributed by atoms with van der Waals surface area (Å²) >= 11 is 0. The van der Waals surface area contributed by atoms with E-state index in [1.807, 2.05) is 4.90 Å². The van der Waals surface area contributed by atoms with Crippen LogP contribution in [0.3, 0.4) is 0 Å². The van der Waals surface area contributed by atoms with E-state index in [4.69, 9.17) is 9.84 Å². The zero-order valence-corrected chi connectivity index (χ0v) is 11.7. The van der Waals surface area contributed by atoms with E-state index in [9.17, 15) is 9.59 Å². The van der Waals surface area contributed by atoms with E-state index in [2.05, 4.69) is 19.2 Å². The predicted molar refractivity (Wildman–Crippen MR) is 71.0 cm³/mol. The van der Waals surface area contributed by atoms with Crippen LogP contribution in [0.4, 0.5) is 4.79 Å². The average molecular weight is 272 g/mol. The topological polar surface area (TPSA) is 78.9 Å². The van der Waals surface area contributed by atoms with Crippen LogP contribution >= 0.6 is 0 Å². The van der Waals surface area contributed by atoms with E-state index < -0.39 is 5.97 Å². The molecule has 0 unspecified atom stereocenters. The van der Waals surface area contributed by atoms with Gasteiger partial charge in [-0.05, 0) is 25.2 Å². The maximum Gasteiger partial charge on any atom is 0.329 e. The second kappa shape index (κ2) is 7.99. The Labute approximate surface area is 114 Å². The second-order valence-corrected chi connectivity index (χ2v) is 5.29. The molecule has 2 N–H and O–H groups in total. The van der Waals surface area contributed by atoms with Crippen molar-refractivity contribution in [3.05, 3.63) is 0 Å². The van der Waals surface area contributed by atoms with Gasteiger partial charge < -0.3 is 20.1 Å². The van der Waals surface area contributed by atoms with Gasteiger partial charge in [-0.3, -0.25) is 0 Å². The molecule has 2 amide bonds. The number of carbonyl (C=O) groups is 2. The van der Waals surface area contributed by atoms with Crippen LogP contribution in [0.15, 0.2) is 0 Å². The molecule has 1 saturated carbocycles. The number of nitrogens with one attached hydrogen (secondary N) is 1. The first-order valence-corrected chi connectivity index (χ1v) is 6.84. The Morgan fingerprint density at radius 3 is 2.63 bits per heavy atom. The van der Waals surface area contributed by atoms with Gasteiger partial charge in [0.25, 0.3) is 0 Å². The fraction of sp³-hybridized carbons (Fsp3) is 0.846. The molecule has 6 nitrogen and oxygen atoms in total. The number of hydrogen-bond acceptors (Lipinski definition) is 3. The third kappa shape index (κ3) is 7.00. The summed E-state index contributed by atoms with van der Waals surface area (Å²) in [5.74, 6) is -0.421. The van der Waals surface area contributed by atoms with Crippen molar-refractivity contribution in [3.63, 3.8) is 0 Å². The summed E-state index contributed by atoms with van der Waals surface area (Å²) in [5, 5.41) is 11.2. The van der Waals surface area contributed by atoms with Crippen molar-refractivity contribution < 1.29 is 19.4 Å². The van der Waals surface area contributed by atoms with Gasteiger partial charge in [0.15, 0.2) is 0 Å². The first kappa shape index (κ1) is 15.8. The molecule has 0 spiro atoms. The fourth-order valence-corrected chi connectivity index (χ4v) is 1.72. The molecule has 1 fully saturated rings. The van der Waals surface area contributed by atoms with Crippen molar-refractivity contribution in [2.45, 2.75) is 39.2 Å². The molecule has 1 rings (SSSR count).